The summed E-state index contributed by atoms with van der Waals surface area (Å²) >= 11 is 1.78. The normalized spacial score (nSPS) is 20.9. The molecular formula is C18H27N3O4S. The Kier molecular flexibility index (Phi) is 6.50. The van der Waals surface area contributed by atoms with Crippen molar-refractivity contribution < 1.29 is 19.0 Å². The molecule has 2 fully saturated rings. The lowest BCUT2D eigenvalue weighted by Crippen LogP contribution is -2.53. The van der Waals surface area contributed by atoms with E-state index in [2.05, 4.69) is 10.2 Å². The molecule has 2 aliphatic heterocycles. The molecule has 0 aromatic heterocycles. The fourth-order valence-corrected chi connectivity index (χ4v) is 4.32. The molecule has 2 aliphatic rings. The van der Waals surface area contributed by atoms with Crippen molar-refractivity contribution in [1.82, 2.24) is 15.1 Å². The first-order valence-electron chi connectivity index (χ1n) is 8.77. The van der Waals surface area contributed by atoms with Crippen LogP contribution in [0.4, 0.5) is 0 Å². The second kappa shape index (κ2) is 8.83. The Morgan fingerprint density at radius 1 is 1.12 bits per heavy atom. The molecule has 1 unspecified atom stereocenters. The van der Waals surface area contributed by atoms with Crippen LogP contribution in [0.25, 0.3) is 0 Å². The summed E-state index contributed by atoms with van der Waals surface area (Å²) in [7, 11) is 4.86. The van der Waals surface area contributed by atoms with Crippen LogP contribution in [-0.4, -0.2) is 80.9 Å². The number of nitrogens with zero attached hydrogens (tertiary/aromatic N) is 2. The predicted octanol–water partition coefficient (Wildman–Crippen LogP) is 1.02. The number of nitrogens with one attached hydrogen (secondary N) is 1. The number of carbonyl (C=O) groups is 1. The van der Waals surface area contributed by atoms with E-state index in [-0.39, 0.29) is 11.9 Å². The maximum Gasteiger partial charge on any atom is 0.240 e. The molecule has 0 spiro atoms. The minimum atomic E-state index is -0.0124. The molecule has 0 radical (unpaired) electrons. The number of hydrogen-bond acceptors (Lipinski definition) is 7. The molecule has 0 saturated carbocycles. The highest BCUT2D eigenvalue weighted by Crippen LogP contribution is 2.38. The van der Waals surface area contributed by atoms with E-state index in [1.165, 1.54) is 0 Å². The maximum absolute atomic E-state index is 12.5. The predicted molar refractivity (Wildman–Crippen MR) is 102 cm³/mol. The number of hydrogen-bond donors (Lipinski definition) is 1. The van der Waals surface area contributed by atoms with Gasteiger partial charge < -0.3 is 19.1 Å². The van der Waals surface area contributed by atoms with Gasteiger partial charge in [0.2, 0.25) is 11.7 Å². The average molecular weight is 381 g/mol. The van der Waals surface area contributed by atoms with E-state index in [0.717, 1.165) is 49.9 Å². The van der Waals surface area contributed by atoms with E-state index in [1.54, 1.807) is 33.1 Å². The summed E-state index contributed by atoms with van der Waals surface area (Å²) in [4.78, 5) is 16.8. The van der Waals surface area contributed by atoms with Gasteiger partial charge in [-0.1, -0.05) is 0 Å². The standard InChI is InChI=1S/C18H27N3O4S/c1-23-15-8-13(9-16(24-2)17(15)25-3)10-20-4-6-21(7-5-20)18(22)14-11-26-12-19-14/h8-9,14,19H,4-7,10-12H2,1-3H3. The molecule has 26 heavy (non-hydrogen) atoms. The summed E-state index contributed by atoms with van der Waals surface area (Å²) in [6.45, 7) is 4.05. The lowest BCUT2D eigenvalue weighted by atomic mass is 10.1. The number of rotatable bonds is 6. The van der Waals surface area contributed by atoms with E-state index in [0.29, 0.717) is 17.2 Å². The molecule has 2 saturated heterocycles. The van der Waals surface area contributed by atoms with Crippen molar-refractivity contribution in [2.75, 3.05) is 59.1 Å². The first-order chi connectivity index (χ1) is 12.7. The van der Waals surface area contributed by atoms with Crippen molar-refractivity contribution in [1.29, 1.82) is 0 Å². The highest BCUT2D eigenvalue weighted by molar-refractivity contribution is 7.99. The molecule has 2 heterocycles. The van der Waals surface area contributed by atoms with E-state index in [9.17, 15) is 4.79 Å². The topological polar surface area (TPSA) is 63.3 Å². The van der Waals surface area contributed by atoms with E-state index in [4.69, 9.17) is 14.2 Å². The van der Waals surface area contributed by atoms with Gasteiger partial charge in [-0.25, -0.2) is 0 Å². The van der Waals surface area contributed by atoms with Crippen molar-refractivity contribution in [3.63, 3.8) is 0 Å². The van der Waals surface area contributed by atoms with Crippen LogP contribution in [0.15, 0.2) is 12.1 Å². The number of thioether (sulfide) groups is 1. The Morgan fingerprint density at radius 2 is 1.77 bits per heavy atom. The van der Waals surface area contributed by atoms with E-state index < -0.39 is 0 Å². The highest BCUT2D eigenvalue weighted by Gasteiger charge is 2.29. The van der Waals surface area contributed by atoms with Crippen LogP contribution in [0.5, 0.6) is 17.2 Å². The van der Waals surface area contributed by atoms with Gasteiger partial charge in [0.15, 0.2) is 11.5 Å². The third-order valence-electron chi connectivity index (χ3n) is 4.83. The zero-order valence-electron chi connectivity index (χ0n) is 15.6. The average Bonchev–Trinajstić information content (AvgIpc) is 3.22. The Balaban J connectivity index is 1.59. The fourth-order valence-electron chi connectivity index (χ4n) is 3.39. The molecule has 3 rings (SSSR count). The summed E-state index contributed by atoms with van der Waals surface area (Å²) in [5.74, 6) is 3.93. The summed E-state index contributed by atoms with van der Waals surface area (Å²) in [5, 5.41) is 3.26. The first kappa shape index (κ1) is 19.1. The lowest BCUT2D eigenvalue weighted by molar-refractivity contribution is -0.134. The third kappa shape index (κ3) is 4.19. The summed E-state index contributed by atoms with van der Waals surface area (Å²) in [5.41, 5.74) is 1.10. The maximum atomic E-state index is 12.5. The molecule has 144 valence electrons. The zero-order chi connectivity index (χ0) is 18.5. The van der Waals surface area contributed by atoms with Gasteiger partial charge in [0.1, 0.15) is 0 Å². The molecule has 1 aromatic carbocycles. The Bertz CT molecular complexity index is 604. The van der Waals surface area contributed by atoms with Gasteiger partial charge in [0.25, 0.3) is 0 Å². The van der Waals surface area contributed by atoms with E-state index in [1.807, 2.05) is 17.0 Å². The second-order valence-electron chi connectivity index (χ2n) is 6.41. The minimum absolute atomic E-state index is 0.0124. The fraction of sp³-hybridized carbons (Fsp3) is 0.611. The molecule has 1 amide bonds. The molecule has 1 atom stereocenters. The summed E-state index contributed by atoms with van der Waals surface area (Å²) in [6.07, 6.45) is 0. The third-order valence-corrected chi connectivity index (χ3v) is 5.77. The van der Waals surface area contributed by atoms with Crippen LogP contribution in [0, 0.1) is 0 Å². The number of benzene rings is 1. The van der Waals surface area contributed by atoms with Gasteiger partial charge in [-0.15, -0.1) is 11.8 Å². The lowest BCUT2D eigenvalue weighted by Gasteiger charge is -2.36. The van der Waals surface area contributed by atoms with Crippen molar-refractivity contribution >= 4 is 17.7 Å². The van der Waals surface area contributed by atoms with Crippen molar-refractivity contribution in [2.24, 2.45) is 0 Å². The zero-order valence-corrected chi connectivity index (χ0v) is 16.4. The van der Waals surface area contributed by atoms with Crippen molar-refractivity contribution in [2.45, 2.75) is 12.6 Å². The minimum Gasteiger partial charge on any atom is -0.493 e. The molecule has 8 heteroatoms. The summed E-state index contributed by atoms with van der Waals surface area (Å²) in [6, 6.07) is 3.96. The Hall–Kier alpha value is -1.64. The second-order valence-corrected chi connectivity index (χ2v) is 7.44. The molecule has 0 aliphatic carbocycles. The van der Waals surface area contributed by atoms with Gasteiger partial charge in [0, 0.05) is 44.4 Å². The number of piperazine rings is 1. The number of ether oxygens (including phenoxy) is 3. The van der Waals surface area contributed by atoms with Crippen molar-refractivity contribution in [3.05, 3.63) is 17.7 Å². The van der Waals surface area contributed by atoms with Gasteiger partial charge in [-0.2, -0.15) is 0 Å². The van der Waals surface area contributed by atoms with E-state index >= 15 is 0 Å². The van der Waals surface area contributed by atoms with Crippen LogP contribution in [0.2, 0.25) is 0 Å². The van der Waals surface area contributed by atoms with Crippen LogP contribution in [-0.2, 0) is 11.3 Å². The number of amides is 1. The molecule has 0 bridgehead atoms. The molecule has 1 aromatic rings. The largest absolute Gasteiger partial charge is 0.493 e. The number of carbonyl (C=O) groups excluding carboxylic acids is 1. The van der Waals surface area contributed by atoms with Crippen LogP contribution >= 0.6 is 11.8 Å². The summed E-state index contributed by atoms with van der Waals surface area (Å²) < 4.78 is 16.2. The quantitative estimate of drug-likeness (QED) is 0.789. The Morgan fingerprint density at radius 3 is 2.27 bits per heavy atom. The van der Waals surface area contributed by atoms with Gasteiger partial charge in [0.05, 0.1) is 27.4 Å². The molecular weight excluding hydrogens is 354 g/mol. The molecule has 7 nitrogen and oxygen atoms in total. The SMILES string of the molecule is COc1cc(CN2CCN(C(=O)C3CSCN3)CC2)cc(OC)c1OC. The van der Waals surface area contributed by atoms with Crippen LogP contribution in [0.1, 0.15) is 5.56 Å². The van der Waals surface area contributed by atoms with Gasteiger partial charge >= 0.3 is 0 Å². The van der Waals surface area contributed by atoms with Crippen LogP contribution in [0.3, 0.4) is 0 Å². The molecule has 1 N–H and O–H groups in total. The highest BCUT2D eigenvalue weighted by atomic mass is 32.2. The smallest absolute Gasteiger partial charge is 0.240 e. The Labute approximate surface area is 158 Å². The number of methoxy groups -OCH3 is 3. The van der Waals surface area contributed by atoms with Crippen LogP contribution < -0.4 is 19.5 Å². The first-order valence-corrected chi connectivity index (χ1v) is 9.93. The van der Waals surface area contributed by atoms with Gasteiger partial charge in [-0.05, 0) is 17.7 Å². The monoisotopic (exact) mass is 381 g/mol. The van der Waals surface area contributed by atoms with Gasteiger partial charge in [-0.3, -0.25) is 15.0 Å². The van der Waals surface area contributed by atoms with Crippen molar-refractivity contribution in [3.8, 4) is 17.2 Å².